The monoisotopic (exact) mass is 501 g/mol. The van der Waals surface area contributed by atoms with Crippen molar-refractivity contribution in [2.24, 2.45) is 12.8 Å². The first-order chi connectivity index (χ1) is 16.3. The number of carbonyl (C=O) groups is 1. The van der Waals surface area contributed by atoms with Crippen LogP contribution in [0.25, 0.3) is 11.2 Å². The molecule has 0 radical (unpaired) electrons. The van der Waals surface area contributed by atoms with Gasteiger partial charge in [0.2, 0.25) is 0 Å². The first kappa shape index (κ1) is 26.4. The molecule has 1 fully saturated rings. The number of aryl methyl sites for hydroxylation is 1. The zero-order chi connectivity index (χ0) is 24.4. The van der Waals surface area contributed by atoms with E-state index in [1.807, 2.05) is 19.9 Å². The largest absolute Gasteiger partial charge is 0.460 e. The van der Waals surface area contributed by atoms with Crippen molar-refractivity contribution in [3.05, 3.63) is 68.4 Å². The van der Waals surface area contributed by atoms with Crippen LogP contribution in [0.15, 0.2) is 51.6 Å². The van der Waals surface area contributed by atoms with Gasteiger partial charge in [-0.3, -0.25) is 23.3 Å². The number of ether oxygens (including phenoxy) is 1. The van der Waals surface area contributed by atoms with E-state index in [-0.39, 0.29) is 54.1 Å². The van der Waals surface area contributed by atoms with Gasteiger partial charge in [0, 0.05) is 25.2 Å². The van der Waals surface area contributed by atoms with Gasteiger partial charge in [-0.25, -0.2) is 4.79 Å². The van der Waals surface area contributed by atoms with Crippen LogP contribution in [0.2, 0.25) is 0 Å². The summed E-state index contributed by atoms with van der Waals surface area (Å²) in [4.78, 5) is 43.9. The highest BCUT2D eigenvalue weighted by atomic mass is 35.5. The average Bonchev–Trinajstić information content (AvgIpc) is 3.19. The zero-order valence-electron chi connectivity index (χ0n) is 20.3. The Bertz CT molecular complexity index is 1350. The maximum Gasteiger partial charge on any atom is 0.332 e. The van der Waals surface area contributed by atoms with Crippen LogP contribution in [0.3, 0.4) is 0 Å². The lowest BCUT2D eigenvalue weighted by atomic mass is 9.93. The molecular formula is C25H32ClN5O4. The first-order valence-electron chi connectivity index (χ1n) is 11.6. The Hall–Kier alpha value is -3.17. The molecule has 1 aliphatic rings. The number of allylic oxidation sites excluding steroid dienone is 2. The van der Waals surface area contributed by atoms with E-state index >= 15 is 0 Å². The molecule has 35 heavy (non-hydrogen) atoms. The summed E-state index contributed by atoms with van der Waals surface area (Å²) < 4.78 is 10.2. The van der Waals surface area contributed by atoms with Gasteiger partial charge in [-0.15, -0.1) is 12.4 Å². The fourth-order valence-corrected chi connectivity index (χ4v) is 4.29. The van der Waals surface area contributed by atoms with Crippen molar-refractivity contribution in [2.75, 3.05) is 0 Å². The van der Waals surface area contributed by atoms with Crippen molar-refractivity contribution in [3.8, 4) is 6.01 Å². The number of halogens is 1. The quantitative estimate of drug-likeness (QED) is 0.393. The highest BCUT2D eigenvalue weighted by Crippen LogP contribution is 2.25. The number of nitrogens with two attached hydrogens (primary N) is 1. The molecule has 4 rings (SSSR count). The standard InChI is InChI=1S/C25H31N5O4.ClH/c1-16(2)13-14-29-21-22(27-24(29)34-20-12-8-7-11-18(20)26)28(3)25(33)30(23(21)32)15-19(31)17-9-5-4-6-10-17;/h4-6,9-10,13,18,20H,7-8,11-12,14-15,26H2,1-3H3;1H/t18-,20-;/m1./s1. The number of benzene rings is 1. The van der Waals surface area contributed by atoms with Crippen molar-refractivity contribution in [2.45, 2.75) is 64.8 Å². The van der Waals surface area contributed by atoms with Gasteiger partial charge in [0.05, 0.1) is 6.54 Å². The van der Waals surface area contributed by atoms with E-state index in [0.29, 0.717) is 12.1 Å². The van der Waals surface area contributed by atoms with E-state index in [4.69, 9.17) is 10.5 Å². The third-order valence-electron chi connectivity index (χ3n) is 6.29. The molecular weight excluding hydrogens is 470 g/mol. The summed E-state index contributed by atoms with van der Waals surface area (Å²) in [6, 6.07) is 8.75. The third-order valence-corrected chi connectivity index (χ3v) is 6.29. The molecule has 0 saturated heterocycles. The van der Waals surface area contributed by atoms with Crippen molar-refractivity contribution in [1.82, 2.24) is 18.7 Å². The van der Waals surface area contributed by atoms with Gasteiger partial charge in [-0.2, -0.15) is 4.98 Å². The summed E-state index contributed by atoms with van der Waals surface area (Å²) in [6.45, 7) is 3.91. The van der Waals surface area contributed by atoms with Gasteiger partial charge in [-0.05, 0) is 33.1 Å². The van der Waals surface area contributed by atoms with E-state index in [1.165, 1.54) is 4.57 Å². The van der Waals surface area contributed by atoms with Crippen LogP contribution in [0.4, 0.5) is 0 Å². The number of hydrogen-bond donors (Lipinski definition) is 1. The topological polar surface area (TPSA) is 114 Å². The van der Waals surface area contributed by atoms with Crippen LogP contribution in [0, 0.1) is 0 Å². The Kier molecular flexibility index (Phi) is 8.34. The molecule has 0 aliphatic heterocycles. The molecule has 2 N–H and O–H groups in total. The highest BCUT2D eigenvalue weighted by Gasteiger charge is 2.28. The predicted octanol–water partition coefficient (Wildman–Crippen LogP) is 2.82. The van der Waals surface area contributed by atoms with E-state index in [9.17, 15) is 14.4 Å². The molecule has 2 aromatic heterocycles. The summed E-state index contributed by atoms with van der Waals surface area (Å²) in [5, 5.41) is 0. The Labute approximate surface area is 209 Å². The fraction of sp³-hybridized carbons (Fsp3) is 0.440. The Morgan fingerprint density at radius 2 is 1.83 bits per heavy atom. The molecule has 1 aliphatic carbocycles. The van der Waals surface area contributed by atoms with E-state index in [1.54, 1.807) is 41.9 Å². The molecule has 0 unspecified atom stereocenters. The number of carbonyl (C=O) groups excluding carboxylic acids is 1. The Morgan fingerprint density at radius 1 is 1.14 bits per heavy atom. The third kappa shape index (κ3) is 5.41. The second-order valence-corrected chi connectivity index (χ2v) is 9.09. The Morgan fingerprint density at radius 3 is 2.49 bits per heavy atom. The van der Waals surface area contributed by atoms with Crippen molar-refractivity contribution >= 4 is 29.4 Å². The van der Waals surface area contributed by atoms with Crippen LogP contribution < -0.4 is 21.7 Å². The number of imidazole rings is 1. The van der Waals surface area contributed by atoms with Crippen LogP contribution in [0.1, 0.15) is 49.9 Å². The van der Waals surface area contributed by atoms with Crippen LogP contribution >= 0.6 is 12.4 Å². The zero-order valence-corrected chi connectivity index (χ0v) is 21.1. The maximum atomic E-state index is 13.5. The SMILES string of the molecule is CC(C)=CCn1c(O[C@@H]2CCCC[C@H]2N)nc2c1c(=O)n(CC(=O)c1ccccc1)c(=O)n2C.Cl. The summed E-state index contributed by atoms with van der Waals surface area (Å²) in [5.74, 6) is -0.320. The van der Waals surface area contributed by atoms with Crippen molar-refractivity contribution in [3.63, 3.8) is 0 Å². The lowest BCUT2D eigenvalue weighted by Crippen LogP contribution is -2.42. The normalized spacial score (nSPS) is 17.6. The maximum absolute atomic E-state index is 13.5. The minimum atomic E-state index is -0.602. The lowest BCUT2D eigenvalue weighted by Gasteiger charge is -2.28. The number of rotatable bonds is 7. The number of nitrogens with zero attached hydrogens (tertiary/aromatic N) is 4. The lowest BCUT2D eigenvalue weighted by molar-refractivity contribution is 0.0969. The molecule has 0 bridgehead atoms. The second kappa shape index (κ2) is 11.0. The molecule has 0 spiro atoms. The van der Waals surface area contributed by atoms with Crippen LogP contribution in [-0.4, -0.2) is 36.6 Å². The second-order valence-electron chi connectivity index (χ2n) is 9.09. The predicted molar refractivity (Wildman–Crippen MR) is 138 cm³/mol. The molecule has 9 nitrogen and oxygen atoms in total. The van der Waals surface area contributed by atoms with Crippen molar-refractivity contribution < 1.29 is 9.53 Å². The molecule has 10 heteroatoms. The molecule has 1 aromatic carbocycles. The van der Waals surface area contributed by atoms with Crippen LogP contribution in [-0.2, 0) is 20.1 Å². The number of ketones is 1. The molecule has 0 amide bonds. The van der Waals surface area contributed by atoms with Crippen LogP contribution in [0.5, 0.6) is 6.01 Å². The molecule has 3 aromatic rings. The smallest absolute Gasteiger partial charge is 0.332 e. The summed E-state index contributed by atoms with van der Waals surface area (Å²) in [6.07, 6.45) is 5.49. The molecule has 2 heterocycles. The highest BCUT2D eigenvalue weighted by molar-refractivity contribution is 5.95. The number of fused-ring (bicyclic) bond motifs is 1. The number of hydrogen-bond acceptors (Lipinski definition) is 6. The van der Waals surface area contributed by atoms with E-state index in [0.717, 1.165) is 35.8 Å². The number of Topliss-reactive ketones (excluding diaryl/α,β-unsaturated/α-hetero) is 1. The fourth-order valence-electron chi connectivity index (χ4n) is 4.29. The van der Waals surface area contributed by atoms with E-state index < -0.39 is 11.2 Å². The molecule has 2 atom stereocenters. The van der Waals surface area contributed by atoms with Gasteiger partial charge < -0.3 is 10.5 Å². The van der Waals surface area contributed by atoms with E-state index in [2.05, 4.69) is 4.98 Å². The molecule has 1 saturated carbocycles. The van der Waals surface area contributed by atoms with Crippen molar-refractivity contribution in [1.29, 1.82) is 0 Å². The minimum absolute atomic E-state index is 0. The minimum Gasteiger partial charge on any atom is -0.460 e. The molecule has 188 valence electrons. The average molecular weight is 502 g/mol. The summed E-state index contributed by atoms with van der Waals surface area (Å²) in [5.41, 5.74) is 7.05. The van der Waals surface area contributed by atoms with Gasteiger partial charge in [0.25, 0.3) is 11.6 Å². The van der Waals surface area contributed by atoms with Gasteiger partial charge in [-0.1, -0.05) is 48.4 Å². The Balaban J connectivity index is 0.00000342. The first-order valence-corrected chi connectivity index (χ1v) is 11.6. The number of aromatic nitrogens is 4. The van der Waals surface area contributed by atoms with Gasteiger partial charge in [0.1, 0.15) is 6.10 Å². The van der Waals surface area contributed by atoms with Gasteiger partial charge >= 0.3 is 5.69 Å². The summed E-state index contributed by atoms with van der Waals surface area (Å²) in [7, 11) is 1.54. The van der Waals surface area contributed by atoms with Gasteiger partial charge in [0.15, 0.2) is 16.9 Å². The summed E-state index contributed by atoms with van der Waals surface area (Å²) >= 11 is 0.